The Bertz CT molecular complexity index is 1650. The molecule has 1 saturated heterocycles. The lowest BCUT2D eigenvalue weighted by Crippen LogP contribution is -2.35. The van der Waals surface area contributed by atoms with Gasteiger partial charge in [0.05, 0.1) is 17.3 Å². The van der Waals surface area contributed by atoms with E-state index >= 15 is 0 Å². The standard InChI is InChI=1S/C38H45N5O3/c1-25-11-17-31(18-12-25)43-34(24-33(42-43)38(3,4)5)41-37(46)40-30-15-13-28(14-16-30)35(29-19-21-39-22-20-29)36(45)32(23-26(2)44)27-9-7-6-8-10-27/h6-18,24,29,32,35,39H,19-23H2,1-5H3,(H2,40,41,46)/t32-,35?/m0/s1. The summed E-state index contributed by atoms with van der Waals surface area (Å²) in [4.78, 5) is 39.9. The molecular formula is C38H45N5O3. The summed E-state index contributed by atoms with van der Waals surface area (Å²) in [6.45, 7) is 11.5. The predicted molar refractivity (Wildman–Crippen MR) is 184 cm³/mol. The number of nitrogens with zero attached hydrogens (tertiary/aromatic N) is 2. The van der Waals surface area contributed by atoms with Gasteiger partial charge in [-0.25, -0.2) is 9.48 Å². The first kappa shape index (κ1) is 32.8. The highest BCUT2D eigenvalue weighted by Crippen LogP contribution is 2.38. The van der Waals surface area contributed by atoms with Crippen LogP contribution in [0.15, 0.2) is 84.9 Å². The molecule has 2 atom stereocenters. The summed E-state index contributed by atoms with van der Waals surface area (Å²) < 4.78 is 1.75. The van der Waals surface area contributed by atoms with Gasteiger partial charge in [0.15, 0.2) is 0 Å². The van der Waals surface area contributed by atoms with Crippen LogP contribution in [0.25, 0.3) is 5.69 Å². The number of aromatic nitrogens is 2. The Kier molecular flexibility index (Phi) is 10.2. The number of piperidine rings is 1. The van der Waals surface area contributed by atoms with Crippen LogP contribution in [0.2, 0.25) is 0 Å². The van der Waals surface area contributed by atoms with Crippen molar-refractivity contribution < 1.29 is 14.4 Å². The zero-order valence-corrected chi connectivity index (χ0v) is 27.5. The van der Waals surface area contributed by atoms with E-state index in [1.807, 2.05) is 91.9 Å². The summed E-state index contributed by atoms with van der Waals surface area (Å²) in [7, 11) is 0. The molecular weight excluding hydrogens is 574 g/mol. The van der Waals surface area contributed by atoms with Crippen molar-refractivity contribution in [2.45, 2.75) is 71.1 Å². The molecule has 1 aromatic heterocycles. The highest BCUT2D eigenvalue weighted by Gasteiger charge is 2.36. The Labute approximate surface area is 272 Å². The van der Waals surface area contributed by atoms with E-state index in [0.29, 0.717) is 11.5 Å². The van der Waals surface area contributed by atoms with Gasteiger partial charge >= 0.3 is 6.03 Å². The maximum atomic E-state index is 14.3. The largest absolute Gasteiger partial charge is 0.324 e. The molecule has 3 N–H and O–H groups in total. The minimum Gasteiger partial charge on any atom is -0.317 e. The van der Waals surface area contributed by atoms with E-state index in [0.717, 1.165) is 54.0 Å². The quantitative estimate of drug-likeness (QED) is 0.170. The van der Waals surface area contributed by atoms with Crippen molar-refractivity contribution in [2.24, 2.45) is 5.92 Å². The lowest BCUT2D eigenvalue weighted by Gasteiger charge is -2.32. The van der Waals surface area contributed by atoms with Crippen LogP contribution in [0.4, 0.5) is 16.3 Å². The van der Waals surface area contributed by atoms with Gasteiger partial charge in [-0.1, -0.05) is 80.9 Å². The summed E-state index contributed by atoms with van der Waals surface area (Å²) in [6, 6.07) is 26.7. The van der Waals surface area contributed by atoms with Gasteiger partial charge in [-0.2, -0.15) is 5.10 Å². The van der Waals surface area contributed by atoms with Crippen LogP contribution >= 0.6 is 0 Å². The first-order chi connectivity index (χ1) is 22.0. The van der Waals surface area contributed by atoms with E-state index in [1.54, 1.807) is 11.6 Å². The summed E-state index contributed by atoms with van der Waals surface area (Å²) in [5.74, 6) is -0.0568. The molecule has 8 nitrogen and oxygen atoms in total. The highest BCUT2D eigenvalue weighted by atomic mass is 16.2. The number of benzene rings is 3. The van der Waals surface area contributed by atoms with Gasteiger partial charge in [0.25, 0.3) is 0 Å². The van der Waals surface area contributed by atoms with E-state index in [2.05, 4.69) is 36.7 Å². The third-order valence-corrected chi connectivity index (χ3v) is 8.72. The fourth-order valence-electron chi connectivity index (χ4n) is 6.19. The predicted octanol–water partition coefficient (Wildman–Crippen LogP) is 7.54. The van der Waals surface area contributed by atoms with Crippen LogP contribution in [0.3, 0.4) is 0 Å². The van der Waals surface area contributed by atoms with E-state index in [1.165, 1.54) is 0 Å². The second kappa shape index (κ2) is 14.3. The summed E-state index contributed by atoms with van der Waals surface area (Å²) >= 11 is 0. The number of carbonyl (C=O) groups is 3. The van der Waals surface area contributed by atoms with Crippen LogP contribution in [0.1, 0.15) is 81.2 Å². The van der Waals surface area contributed by atoms with Crippen molar-refractivity contribution in [1.29, 1.82) is 0 Å². The molecule has 8 heteroatoms. The van der Waals surface area contributed by atoms with Crippen molar-refractivity contribution in [1.82, 2.24) is 15.1 Å². The van der Waals surface area contributed by atoms with Crippen molar-refractivity contribution in [3.05, 3.63) is 107 Å². The number of urea groups is 1. The SMILES string of the molecule is CC(=O)C[C@H](C(=O)C(c1ccc(NC(=O)Nc2cc(C(C)(C)C)nn2-c2ccc(C)cc2)cc1)C1CCNCC1)c1ccccc1. The van der Waals surface area contributed by atoms with Gasteiger partial charge in [0, 0.05) is 29.5 Å². The lowest BCUT2D eigenvalue weighted by molar-refractivity contribution is -0.126. The molecule has 46 heavy (non-hydrogen) atoms. The molecule has 4 aromatic rings. The smallest absolute Gasteiger partial charge is 0.317 e. The topological polar surface area (TPSA) is 105 Å². The van der Waals surface area contributed by atoms with Gasteiger partial charge in [-0.05, 0) is 81.1 Å². The van der Waals surface area contributed by atoms with Crippen molar-refractivity contribution in [2.75, 3.05) is 23.7 Å². The second-order valence-electron chi connectivity index (χ2n) is 13.5. The average molecular weight is 620 g/mol. The Balaban J connectivity index is 1.37. The number of rotatable bonds is 10. The number of carbonyl (C=O) groups excluding carboxylic acids is 3. The number of nitrogens with one attached hydrogen (secondary N) is 3. The Morgan fingerprint density at radius 2 is 1.54 bits per heavy atom. The lowest BCUT2D eigenvalue weighted by atomic mass is 9.72. The van der Waals surface area contributed by atoms with Crippen LogP contribution in [-0.2, 0) is 15.0 Å². The molecule has 1 fully saturated rings. The number of ketones is 2. The second-order valence-corrected chi connectivity index (χ2v) is 13.5. The maximum Gasteiger partial charge on any atom is 0.324 e. The molecule has 2 amide bonds. The number of amides is 2. The number of hydrogen-bond acceptors (Lipinski definition) is 5. The van der Waals surface area contributed by atoms with Gasteiger partial charge in [-0.3, -0.25) is 14.9 Å². The zero-order valence-electron chi connectivity index (χ0n) is 27.5. The summed E-state index contributed by atoms with van der Waals surface area (Å²) in [5, 5.41) is 14.1. The highest BCUT2D eigenvalue weighted by molar-refractivity contribution is 6.00. The first-order valence-corrected chi connectivity index (χ1v) is 16.1. The fraction of sp³-hybridized carbons (Fsp3) is 0.368. The van der Waals surface area contributed by atoms with E-state index in [9.17, 15) is 14.4 Å². The molecule has 0 spiro atoms. The van der Waals surface area contributed by atoms with Crippen molar-refractivity contribution in [3.63, 3.8) is 0 Å². The molecule has 0 radical (unpaired) electrons. The molecule has 3 aromatic carbocycles. The van der Waals surface area contributed by atoms with E-state index in [4.69, 9.17) is 5.10 Å². The maximum absolute atomic E-state index is 14.3. The fourth-order valence-corrected chi connectivity index (χ4v) is 6.19. The molecule has 240 valence electrons. The van der Waals surface area contributed by atoms with Crippen LogP contribution in [0, 0.1) is 12.8 Å². The summed E-state index contributed by atoms with van der Waals surface area (Å²) in [6.07, 6.45) is 1.94. The van der Waals surface area contributed by atoms with E-state index in [-0.39, 0.29) is 35.2 Å². The third-order valence-electron chi connectivity index (χ3n) is 8.72. The molecule has 0 bridgehead atoms. The minimum atomic E-state index is -0.501. The first-order valence-electron chi connectivity index (χ1n) is 16.1. The average Bonchev–Trinajstić information content (AvgIpc) is 3.46. The normalized spacial score (nSPS) is 15.2. The van der Waals surface area contributed by atoms with Crippen LogP contribution < -0.4 is 16.0 Å². The molecule has 2 heterocycles. The number of hydrogen-bond donors (Lipinski definition) is 3. The minimum absolute atomic E-state index is 0.00448. The van der Waals surface area contributed by atoms with Crippen LogP contribution in [0.5, 0.6) is 0 Å². The van der Waals surface area contributed by atoms with Gasteiger partial charge in [0.2, 0.25) is 0 Å². The molecule has 5 rings (SSSR count). The number of Topliss-reactive ketones (excluding diaryl/α,β-unsaturated/α-hetero) is 2. The van der Waals surface area contributed by atoms with Gasteiger partial charge in [0.1, 0.15) is 17.4 Å². The third kappa shape index (κ3) is 7.98. The molecule has 0 aliphatic carbocycles. The Hall–Kier alpha value is -4.56. The van der Waals surface area contributed by atoms with Gasteiger partial charge in [-0.15, -0.1) is 0 Å². The Morgan fingerprint density at radius 3 is 2.15 bits per heavy atom. The van der Waals surface area contributed by atoms with Crippen molar-refractivity contribution in [3.8, 4) is 5.69 Å². The van der Waals surface area contributed by atoms with Crippen LogP contribution in [-0.4, -0.2) is 40.5 Å². The number of anilines is 2. The molecule has 1 aliphatic rings. The molecule has 1 aliphatic heterocycles. The number of aryl methyl sites for hydroxylation is 1. The zero-order chi connectivity index (χ0) is 32.8. The molecule has 0 saturated carbocycles. The Morgan fingerprint density at radius 1 is 0.891 bits per heavy atom. The van der Waals surface area contributed by atoms with Crippen molar-refractivity contribution >= 4 is 29.1 Å². The van der Waals surface area contributed by atoms with Gasteiger partial charge < -0.3 is 10.6 Å². The van der Waals surface area contributed by atoms with E-state index < -0.39 is 11.9 Å². The summed E-state index contributed by atoms with van der Waals surface area (Å²) in [5.41, 5.74) is 5.04. The monoisotopic (exact) mass is 619 g/mol. The molecule has 1 unspecified atom stereocenters.